The Morgan fingerprint density at radius 1 is 0.944 bits per heavy atom. The highest BCUT2D eigenvalue weighted by molar-refractivity contribution is 5.78. The first-order chi connectivity index (χ1) is 8.81. The molecule has 0 saturated carbocycles. The number of rotatable bonds is 3. The Labute approximate surface area is 107 Å². The second kappa shape index (κ2) is 4.37. The average molecular weight is 240 g/mol. The van der Waals surface area contributed by atoms with Gasteiger partial charge in [0.25, 0.3) is 0 Å². The van der Waals surface area contributed by atoms with Crippen molar-refractivity contribution in [1.82, 2.24) is 0 Å². The van der Waals surface area contributed by atoms with Crippen LogP contribution < -0.4 is 9.47 Å². The van der Waals surface area contributed by atoms with Crippen LogP contribution in [0.5, 0.6) is 11.5 Å². The van der Waals surface area contributed by atoms with E-state index in [9.17, 15) is 0 Å². The van der Waals surface area contributed by atoms with Crippen LogP contribution in [0.1, 0.15) is 18.1 Å². The minimum Gasteiger partial charge on any atom is -0.497 e. The monoisotopic (exact) mass is 240 g/mol. The van der Waals surface area contributed by atoms with Gasteiger partial charge in [0.15, 0.2) is 0 Å². The summed E-state index contributed by atoms with van der Waals surface area (Å²) in [6, 6.07) is 12.6. The summed E-state index contributed by atoms with van der Waals surface area (Å²) in [7, 11) is 1.71. The maximum atomic E-state index is 5.55. The van der Waals surface area contributed by atoms with Gasteiger partial charge in [-0.15, -0.1) is 0 Å². The van der Waals surface area contributed by atoms with E-state index in [4.69, 9.17) is 9.47 Å². The molecule has 3 rings (SSSR count). The van der Waals surface area contributed by atoms with Crippen molar-refractivity contribution in [2.75, 3.05) is 13.7 Å². The molecule has 0 atom stereocenters. The molecule has 0 aliphatic heterocycles. The summed E-state index contributed by atoms with van der Waals surface area (Å²) in [4.78, 5) is 0. The van der Waals surface area contributed by atoms with Gasteiger partial charge in [0.2, 0.25) is 0 Å². The minimum absolute atomic E-state index is 0.708. The zero-order valence-corrected chi connectivity index (χ0v) is 10.7. The van der Waals surface area contributed by atoms with Gasteiger partial charge in [-0.25, -0.2) is 0 Å². The summed E-state index contributed by atoms with van der Waals surface area (Å²) in [6.45, 7) is 2.71. The van der Waals surface area contributed by atoms with Gasteiger partial charge in [-0.3, -0.25) is 0 Å². The molecule has 92 valence electrons. The van der Waals surface area contributed by atoms with E-state index in [1.165, 1.54) is 22.3 Å². The molecule has 0 amide bonds. The summed E-state index contributed by atoms with van der Waals surface area (Å²) >= 11 is 0. The predicted molar refractivity (Wildman–Crippen MR) is 72.4 cm³/mol. The van der Waals surface area contributed by atoms with Crippen molar-refractivity contribution in [2.24, 2.45) is 0 Å². The Balaban J connectivity index is 2.02. The van der Waals surface area contributed by atoms with Gasteiger partial charge in [-0.05, 0) is 59.9 Å². The second-order valence-electron chi connectivity index (χ2n) is 4.45. The molecule has 1 aliphatic rings. The molecule has 0 bridgehead atoms. The van der Waals surface area contributed by atoms with E-state index < -0.39 is 0 Å². The fourth-order valence-electron chi connectivity index (χ4n) is 2.55. The van der Waals surface area contributed by atoms with Crippen LogP contribution in [0, 0.1) is 0 Å². The third-order valence-electron chi connectivity index (χ3n) is 3.37. The number of methoxy groups -OCH3 is 1. The van der Waals surface area contributed by atoms with Crippen molar-refractivity contribution < 1.29 is 9.47 Å². The number of fused-ring (bicyclic) bond motifs is 3. The van der Waals surface area contributed by atoms with Crippen LogP contribution in [0.15, 0.2) is 36.4 Å². The van der Waals surface area contributed by atoms with Crippen LogP contribution >= 0.6 is 0 Å². The van der Waals surface area contributed by atoms with Gasteiger partial charge in [0.1, 0.15) is 11.5 Å². The van der Waals surface area contributed by atoms with Crippen LogP contribution in [-0.4, -0.2) is 13.7 Å². The van der Waals surface area contributed by atoms with Crippen molar-refractivity contribution in [3.05, 3.63) is 47.5 Å². The largest absolute Gasteiger partial charge is 0.497 e. The van der Waals surface area contributed by atoms with Crippen LogP contribution in [0.2, 0.25) is 0 Å². The molecule has 0 radical (unpaired) electrons. The number of ether oxygens (including phenoxy) is 2. The Morgan fingerprint density at radius 2 is 1.56 bits per heavy atom. The van der Waals surface area contributed by atoms with E-state index in [0.29, 0.717) is 6.61 Å². The predicted octanol–water partition coefficient (Wildman–Crippen LogP) is 3.67. The highest BCUT2D eigenvalue weighted by atomic mass is 16.5. The topological polar surface area (TPSA) is 18.5 Å². The Morgan fingerprint density at radius 3 is 2.17 bits per heavy atom. The van der Waals surface area contributed by atoms with Crippen molar-refractivity contribution in [2.45, 2.75) is 13.3 Å². The molecule has 0 unspecified atom stereocenters. The van der Waals surface area contributed by atoms with E-state index in [2.05, 4.69) is 24.3 Å². The molecule has 0 saturated heterocycles. The molecule has 2 aromatic rings. The van der Waals surface area contributed by atoms with Crippen molar-refractivity contribution in [3.8, 4) is 22.6 Å². The van der Waals surface area contributed by atoms with Gasteiger partial charge in [-0.2, -0.15) is 0 Å². The molecule has 2 nitrogen and oxygen atoms in total. The summed E-state index contributed by atoms with van der Waals surface area (Å²) < 4.78 is 10.8. The molecule has 1 aliphatic carbocycles. The van der Waals surface area contributed by atoms with Gasteiger partial charge >= 0.3 is 0 Å². The molecular formula is C16H16O2. The van der Waals surface area contributed by atoms with E-state index >= 15 is 0 Å². The van der Waals surface area contributed by atoms with Gasteiger partial charge in [0, 0.05) is 0 Å². The zero-order valence-electron chi connectivity index (χ0n) is 10.7. The lowest BCUT2D eigenvalue weighted by molar-refractivity contribution is 0.340. The smallest absolute Gasteiger partial charge is 0.119 e. The standard InChI is InChI=1S/C16H16O2/c1-3-18-14-5-7-16-12(10-14)8-11-9-13(17-2)4-6-15(11)16/h4-7,9-10H,3,8H2,1-2H3. The molecule has 0 aromatic heterocycles. The molecule has 2 aromatic carbocycles. The third-order valence-corrected chi connectivity index (χ3v) is 3.37. The summed E-state index contributed by atoms with van der Waals surface area (Å²) in [6.07, 6.45) is 0.961. The quantitative estimate of drug-likeness (QED) is 0.695. The summed E-state index contributed by atoms with van der Waals surface area (Å²) in [5.41, 5.74) is 5.30. The molecule has 18 heavy (non-hydrogen) atoms. The SMILES string of the molecule is CCOc1ccc2c(c1)Cc1cc(OC)ccc1-2. The number of hydrogen-bond donors (Lipinski definition) is 0. The molecular weight excluding hydrogens is 224 g/mol. The number of benzene rings is 2. The van der Waals surface area contributed by atoms with Crippen LogP contribution in [-0.2, 0) is 6.42 Å². The van der Waals surface area contributed by atoms with E-state index in [0.717, 1.165) is 17.9 Å². The zero-order chi connectivity index (χ0) is 12.5. The first-order valence-electron chi connectivity index (χ1n) is 6.25. The lowest BCUT2D eigenvalue weighted by Crippen LogP contribution is -1.92. The van der Waals surface area contributed by atoms with Crippen LogP contribution in [0.4, 0.5) is 0 Å². The van der Waals surface area contributed by atoms with E-state index in [1.54, 1.807) is 7.11 Å². The second-order valence-corrected chi connectivity index (χ2v) is 4.45. The molecule has 2 heteroatoms. The molecule has 0 spiro atoms. The summed E-state index contributed by atoms with van der Waals surface area (Å²) in [5, 5.41) is 0. The average Bonchev–Trinajstić information content (AvgIpc) is 2.75. The van der Waals surface area contributed by atoms with E-state index in [-0.39, 0.29) is 0 Å². The molecule has 0 N–H and O–H groups in total. The number of hydrogen-bond acceptors (Lipinski definition) is 2. The van der Waals surface area contributed by atoms with E-state index in [1.807, 2.05) is 19.1 Å². The first-order valence-corrected chi connectivity index (χ1v) is 6.25. The lowest BCUT2D eigenvalue weighted by Gasteiger charge is -2.06. The van der Waals surface area contributed by atoms with Crippen LogP contribution in [0.3, 0.4) is 0 Å². The van der Waals surface area contributed by atoms with Gasteiger partial charge in [0.05, 0.1) is 13.7 Å². The van der Waals surface area contributed by atoms with Crippen molar-refractivity contribution >= 4 is 0 Å². The lowest BCUT2D eigenvalue weighted by atomic mass is 10.1. The molecule has 0 fully saturated rings. The van der Waals surface area contributed by atoms with Crippen LogP contribution in [0.25, 0.3) is 11.1 Å². The maximum absolute atomic E-state index is 5.55. The Kier molecular flexibility index (Phi) is 2.71. The fraction of sp³-hybridized carbons (Fsp3) is 0.250. The van der Waals surface area contributed by atoms with Gasteiger partial charge in [-0.1, -0.05) is 12.1 Å². The molecule has 0 heterocycles. The van der Waals surface area contributed by atoms with Crippen molar-refractivity contribution in [1.29, 1.82) is 0 Å². The first kappa shape index (κ1) is 11.1. The Bertz CT molecular complexity index is 588. The third kappa shape index (κ3) is 1.74. The summed E-state index contributed by atoms with van der Waals surface area (Å²) in [5.74, 6) is 1.88. The highest BCUT2D eigenvalue weighted by Crippen LogP contribution is 2.39. The minimum atomic E-state index is 0.708. The normalized spacial score (nSPS) is 11.9. The van der Waals surface area contributed by atoms with Crippen molar-refractivity contribution in [3.63, 3.8) is 0 Å². The van der Waals surface area contributed by atoms with Gasteiger partial charge < -0.3 is 9.47 Å². The Hall–Kier alpha value is -1.96. The maximum Gasteiger partial charge on any atom is 0.119 e. The highest BCUT2D eigenvalue weighted by Gasteiger charge is 2.19. The fourth-order valence-corrected chi connectivity index (χ4v) is 2.55.